The summed E-state index contributed by atoms with van der Waals surface area (Å²) in [6.07, 6.45) is 7.90. The molecule has 1 aromatic heterocycles. The van der Waals surface area contributed by atoms with Crippen molar-refractivity contribution >= 4 is 11.6 Å². The Kier molecular flexibility index (Phi) is 3.68. The van der Waals surface area contributed by atoms with Crippen LogP contribution in [0.15, 0.2) is 31.0 Å². The molecule has 5 heteroatoms. The summed E-state index contributed by atoms with van der Waals surface area (Å²) in [5.41, 5.74) is 11.1. The minimum atomic E-state index is -0.604. The summed E-state index contributed by atoms with van der Waals surface area (Å²) in [6, 6.07) is 0. The number of nitrogen functional groups attached to an aromatic ring is 1. The highest BCUT2D eigenvalue weighted by molar-refractivity contribution is 5.95. The molecule has 5 nitrogen and oxygen atoms in total. The number of hydrogen-bond donors (Lipinski definition) is 2. The number of carbonyl (C=O) groups excluding carboxylic acids is 1. The number of nitrogens with two attached hydrogens (primary N) is 2. The third kappa shape index (κ3) is 2.98. The third-order valence-corrected chi connectivity index (χ3v) is 1.82. The molecule has 0 saturated carbocycles. The van der Waals surface area contributed by atoms with Crippen LogP contribution < -0.4 is 11.5 Å². The predicted molar refractivity (Wildman–Crippen MR) is 59.1 cm³/mol. The molecule has 0 atom stereocenters. The Morgan fingerprint density at radius 2 is 2.40 bits per heavy atom. The van der Waals surface area contributed by atoms with Crippen LogP contribution in [0.4, 0.5) is 5.69 Å². The van der Waals surface area contributed by atoms with Crippen LogP contribution in [0, 0.1) is 0 Å². The van der Waals surface area contributed by atoms with Gasteiger partial charge in [0, 0.05) is 12.7 Å². The number of rotatable bonds is 5. The summed E-state index contributed by atoms with van der Waals surface area (Å²) in [5.74, 6) is -0.604. The summed E-state index contributed by atoms with van der Waals surface area (Å²) in [5, 5.41) is 3.96. The normalized spacial score (nSPS) is 10.7. The van der Waals surface area contributed by atoms with Crippen LogP contribution in [-0.2, 0) is 6.54 Å². The predicted octanol–water partition coefficient (Wildman–Crippen LogP) is 0.696. The van der Waals surface area contributed by atoms with Crippen LogP contribution in [0.3, 0.4) is 0 Å². The fourth-order valence-corrected chi connectivity index (χ4v) is 1.14. The lowest BCUT2D eigenvalue weighted by molar-refractivity contribution is 0.0995. The molecule has 0 saturated heterocycles. The molecule has 0 aliphatic rings. The van der Waals surface area contributed by atoms with Gasteiger partial charge in [0.05, 0.1) is 5.69 Å². The van der Waals surface area contributed by atoms with E-state index >= 15 is 0 Å². The molecule has 0 aliphatic carbocycles. The lowest BCUT2D eigenvalue weighted by Crippen LogP contribution is -2.14. The maximum atomic E-state index is 10.9. The van der Waals surface area contributed by atoms with E-state index in [0.29, 0.717) is 12.2 Å². The second kappa shape index (κ2) is 4.99. The molecule has 15 heavy (non-hydrogen) atoms. The second-order valence-corrected chi connectivity index (χ2v) is 3.01. The van der Waals surface area contributed by atoms with E-state index in [-0.39, 0.29) is 5.69 Å². The topological polar surface area (TPSA) is 86.9 Å². The van der Waals surface area contributed by atoms with Crippen molar-refractivity contribution in [3.05, 3.63) is 36.7 Å². The van der Waals surface area contributed by atoms with Gasteiger partial charge < -0.3 is 11.5 Å². The lowest BCUT2D eigenvalue weighted by atomic mass is 10.3. The van der Waals surface area contributed by atoms with E-state index in [1.807, 2.05) is 12.2 Å². The highest BCUT2D eigenvalue weighted by Crippen LogP contribution is 2.08. The summed E-state index contributed by atoms with van der Waals surface area (Å²) in [4.78, 5) is 10.9. The number of anilines is 1. The molecule has 1 rings (SSSR count). The van der Waals surface area contributed by atoms with E-state index in [1.54, 1.807) is 17.0 Å². The number of aromatic nitrogens is 2. The molecule has 0 aliphatic heterocycles. The largest absolute Gasteiger partial charge is 0.396 e. The molecule has 0 radical (unpaired) electrons. The van der Waals surface area contributed by atoms with Gasteiger partial charge in [-0.05, 0) is 6.42 Å². The zero-order chi connectivity index (χ0) is 11.3. The van der Waals surface area contributed by atoms with Crippen LogP contribution in [0.5, 0.6) is 0 Å². The van der Waals surface area contributed by atoms with E-state index in [0.717, 1.165) is 6.42 Å². The highest BCUT2D eigenvalue weighted by atomic mass is 16.1. The molecule has 1 amide bonds. The second-order valence-electron chi connectivity index (χ2n) is 3.01. The first-order chi connectivity index (χ1) is 7.15. The van der Waals surface area contributed by atoms with Crippen LogP contribution >= 0.6 is 0 Å². The van der Waals surface area contributed by atoms with Crippen molar-refractivity contribution in [1.29, 1.82) is 0 Å². The Bertz CT molecular complexity index is 392. The van der Waals surface area contributed by atoms with E-state index in [4.69, 9.17) is 11.5 Å². The van der Waals surface area contributed by atoms with Crippen molar-refractivity contribution in [1.82, 2.24) is 9.78 Å². The Balaban J connectivity index is 2.63. The summed E-state index contributed by atoms with van der Waals surface area (Å²) in [7, 11) is 0. The van der Waals surface area contributed by atoms with Crippen LogP contribution in [0.2, 0.25) is 0 Å². The molecular weight excluding hydrogens is 192 g/mol. The number of carbonyl (C=O) groups is 1. The molecule has 0 fully saturated rings. The summed E-state index contributed by atoms with van der Waals surface area (Å²) >= 11 is 0. The summed E-state index contributed by atoms with van der Waals surface area (Å²) in [6.45, 7) is 4.21. The van der Waals surface area contributed by atoms with Crippen molar-refractivity contribution in [3.8, 4) is 0 Å². The van der Waals surface area contributed by atoms with Gasteiger partial charge in [0.25, 0.3) is 5.91 Å². The van der Waals surface area contributed by atoms with Crippen molar-refractivity contribution in [3.63, 3.8) is 0 Å². The number of hydrogen-bond acceptors (Lipinski definition) is 3. The molecule has 0 bridgehead atoms. The number of primary amides is 1. The van der Waals surface area contributed by atoms with Gasteiger partial charge in [0.1, 0.15) is 0 Å². The van der Waals surface area contributed by atoms with Gasteiger partial charge in [-0.15, -0.1) is 0 Å². The van der Waals surface area contributed by atoms with Gasteiger partial charge in [-0.1, -0.05) is 24.8 Å². The number of allylic oxidation sites excluding steroid dienone is 3. The standard InChI is InChI=1S/C10H14N4O/c1-2-3-4-5-6-14-7-8(11)9(13-14)10(12)15/h2-4,7H,1,5-6,11H2,(H2,12,15)/b4-3+. The van der Waals surface area contributed by atoms with E-state index < -0.39 is 5.91 Å². The number of aryl methyl sites for hydroxylation is 1. The average molecular weight is 206 g/mol. The molecule has 1 aromatic rings. The first kappa shape index (κ1) is 11.0. The third-order valence-electron chi connectivity index (χ3n) is 1.82. The molecule has 1 heterocycles. The minimum Gasteiger partial charge on any atom is -0.396 e. The van der Waals surface area contributed by atoms with E-state index in [9.17, 15) is 4.79 Å². The molecule has 0 aromatic carbocycles. The smallest absolute Gasteiger partial charge is 0.271 e. The van der Waals surface area contributed by atoms with Crippen molar-refractivity contribution in [2.24, 2.45) is 5.73 Å². The Hall–Kier alpha value is -2.04. The Labute approximate surface area is 88.1 Å². The van der Waals surface area contributed by atoms with Gasteiger partial charge in [-0.25, -0.2) is 0 Å². The zero-order valence-corrected chi connectivity index (χ0v) is 8.39. The number of amides is 1. The molecule has 0 spiro atoms. The van der Waals surface area contributed by atoms with Gasteiger partial charge >= 0.3 is 0 Å². The fourth-order valence-electron chi connectivity index (χ4n) is 1.14. The fraction of sp³-hybridized carbons (Fsp3) is 0.200. The lowest BCUT2D eigenvalue weighted by Gasteiger charge is -1.95. The van der Waals surface area contributed by atoms with Gasteiger partial charge in [-0.3, -0.25) is 9.48 Å². The molecule has 80 valence electrons. The minimum absolute atomic E-state index is 0.128. The highest BCUT2D eigenvalue weighted by Gasteiger charge is 2.10. The van der Waals surface area contributed by atoms with Gasteiger partial charge in [-0.2, -0.15) is 5.10 Å². The van der Waals surface area contributed by atoms with Crippen LogP contribution in [0.1, 0.15) is 16.9 Å². The molecule has 0 unspecified atom stereocenters. The first-order valence-corrected chi connectivity index (χ1v) is 4.55. The number of nitrogens with zero attached hydrogens (tertiary/aromatic N) is 2. The summed E-state index contributed by atoms with van der Waals surface area (Å²) < 4.78 is 1.60. The van der Waals surface area contributed by atoms with Gasteiger partial charge in [0.2, 0.25) is 0 Å². The molecular formula is C10H14N4O. The Morgan fingerprint density at radius 1 is 1.67 bits per heavy atom. The maximum absolute atomic E-state index is 10.9. The van der Waals surface area contributed by atoms with Crippen LogP contribution in [0.25, 0.3) is 0 Å². The van der Waals surface area contributed by atoms with E-state index in [2.05, 4.69) is 11.7 Å². The van der Waals surface area contributed by atoms with E-state index in [1.165, 1.54) is 0 Å². The quantitative estimate of drug-likeness (QED) is 0.695. The van der Waals surface area contributed by atoms with Crippen molar-refractivity contribution in [2.45, 2.75) is 13.0 Å². The molecule has 4 N–H and O–H groups in total. The van der Waals surface area contributed by atoms with Gasteiger partial charge in [0.15, 0.2) is 5.69 Å². The van der Waals surface area contributed by atoms with Crippen LogP contribution in [-0.4, -0.2) is 15.7 Å². The Morgan fingerprint density at radius 3 is 2.93 bits per heavy atom. The zero-order valence-electron chi connectivity index (χ0n) is 8.39. The average Bonchev–Trinajstić information content (AvgIpc) is 2.55. The van der Waals surface area contributed by atoms with Crippen molar-refractivity contribution < 1.29 is 4.79 Å². The van der Waals surface area contributed by atoms with Crippen molar-refractivity contribution in [2.75, 3.05) is 5.73 Å². The first-order valence-electron chi connectivity index (χ1n) is 4.55. The maximum Gasteiger partial charge on any atom is 0.271 e. The monoisotopic (exact) mass is 206 g/mol. The SMILES string of the molecule is C=C/C=C/CCn1cc(N)c(C(N)=O)n1.